The summed E-state index contributed by atoms with van der Waals surface area (Å²) in [6.45, 7) is 0.776. The van der Waals surface area contributed by atoms with Crippen molar-refractivity contribution in [3.05, 3.63) is 60.2 Å². The van der Waals surface area contributed by atoms with Gasteiger partial charge in [0.2, 0.25) is 0 Å². The van der Waals surface area contributed by atoms with E-state index in [-0.39, 0.29) is 0 Å². The molecule has 0 bridgehead atoms. The number of nitrogens with zero attached hydrogens (tertiary/aromatic N) is 2. The van der Waals surface area contributed by atoms with E-state index in [0.29, 0.717) is 15.0 Å². The summed E-state index contributed by atoms with van der Waals surface area (Å²) < 4.78 is 0.937. The molecule has 0 spiro atoms. The van der Waals surface area contributed by atoms with E-state index in [4.69, 9.17) is 0 Å². The minimum atomic E-state index is 0.299. The van der Waals surface area contributed by atoms with Gasteiger partial charge < -0.3 is 0 Å². The van der Waals surface area contributed by atoms with Crippen molar-refractivity contribution < 1.29 is 0 Å². The Morgan fingerprint density at radius 3 is 2.50 bits per heavy atom. The van der Waals surface area contributed by atoms with Crippen molar-refractivity contribution in [2.75, 3.05) is 5.32 Å². The van der Waals surface area contributed by atoms with Crippen LogP contribution in [0.5, 0.6) is 0 Å². The zero-order chi connectivity index (χ0) is 13.8. The molecular formula is C16H15N3Se. The number of hydrogen-bond acceptors (Lipinski definition) is 3. The molecule has 2 aromatic carbocycles. The Labute approximate surface area is 124 Å². The maximum absolute atomic E-state index is 4.64. The van der Waals surface area contributed by atoms with E-state index in [1.54, 1.807) is 0 Å². The number of nitrogens with one attached hydrogen (secondary N) is 1. The Morgan fingerprint density at radius 1 is 0.950 bits per heavy atom. The topological polar surface area (TPSA) is 37.8 Å². The van der Waals surface area contributed by atoms with Crippen molar-refractivity contribution in [1.29, 1.82) is 0 Å². The molecule has 0 amide bonds. The molecular weight excluding hydrogens is 313 g/mol. The van der Waals surface area contributed by atoms with Crippen LogP contribution in [-0.2, 0) is 6.54 Å². The van der Waals surface area contributed by atoms with Gasteiger partial charge in [-0.05, 0) is 0 Å². The first kappa shape index (κ1) is 13.1. The van der Waals surface area contributed by atoms with Crippen LogP contribution in [-0.4, -0.2) is 24.9 Å². The molecule has 0 fully saturated rings. The number of hydrogen-bond donors (Lipinski definition) is 1. The molecule has 0 unspecified atom stereocenters. The summed E-state index contributed by atoms with van der Waals surface area (Å²) >= 11 is 0.299. The monoisotopic (exact) mass is 329 g/mol. The number of fused-ring (bicyclic) bond motifs is 1. The molecule has 100 valence electrons. The first-order valence-electron chi connectivity index (χ1n) is 6.45. The van der Waals surface area contributed by atoms with Crippen molar-refractivity contribution in [2.45, 2.75) is 12.4 Å². The Bertz CT molecular complexity index is 713. The molecule has 1 heterocycles. The predicted molar refractivity (Wildman–Crippen MR) is 84.6 cm³/mol. The molecule has 0 aliphatic carbocycles. The zero-order valence-electron chi connectivity index (χ0n) is 11.2. The molecule has 0 saturated heterocycles. The first-order chi connectivity index (χ1) is 9.86. The Morgan fingerprint density at radius 2 is 1.70 bits per heavy atom. The van der Waals surface area contributed by atoms with E-state index in [0.717, 1.165) is 28.0 Å². The van der Waals surface area contributed by atoms with E-state index in [1.165, 1.54) is 5.56 Å². The van der Waals surface area contributed by atoms with Gasteiger partial charge in [-0.3, -0.25) is 0 Å². The van der Waals surface area contributed by atoms with Gasteiger partial charge in [-0.2, -0.15) is 0 Å². The van der Waals surface area contributed by atoms with Crippen molar-refractivity contribution in [3.8, 4) is 0 Å². The van der Waals surface area contributed by atoms with Crippen LogP contribution in [0.1, 0.15) is 5.56 Å². The molecule has 4 heteroatoms. The summed E-state index contributed by atoms with van der Waals surface area (Å²) in [6.07, 6.45) is 0. The van der Waals surface area contributed by atoms with Crippen LogP contribution in [0.2, 0.25) is 5.82 Å². The predicted octanol–water partition coefficient (Wildman–Crippen LogP) is 2.62. The summed E-state index contributed by atoms with van der Waals surface area (Å²) in [5.41, 5.74) is 2.26. The first-order valence-corrected chi connectivity index (χ1v) is 9.02. The van der Waals surface area contributed by atoms with E-state index < -0.39 is 0 Å². The molecule has 20 heavy (non-hydrogen) atoms. The van der Waals surface area contributed by atoms with Crippen LogP contribution < -0.4 is 10.0 Å². The fourth-order valence-electron chi connectivity index (χ4n) is 2.06. The van der Waals surface area contributed by atoms with Crippen LogP contribution in [0.25, 0.3) is 10.9 Å². The van der Waals surface area contributed by atoms with Crippen molar-refractivity contribution >= 4 is 36.4 Å². The van der Waals surface area contributed by atoms with E-state index in [9.17, 15) is 0 Å². The average molecular weight is 328 g/mol. The van der Waals surface area contributed by atoms with Crippen LogP contribution in [0.15, 0.2) is 54.6 Å². The number of anilines is 1. The standard InChI is InChI=1S/C16H15N3Se/c1-20-16-18-14-10-6-5-9-13(14)15(19-16)17-11-12-7-3-2-4-8-12/h2-10H,11H2,1H3,(H,17,18,19). The molecule has 0 radical (unpaired) electrons. The second-order valence-corrected chi connectivity index (χ2v) is 6.04. The van der Waals surface area contributed by atoms with Gasteiger partial charge in [-0.1, -0.05) is 0 Å². The second-order valence-electron chi connectivity index (χ2n) is 4.42. The molecule has 3 rings (SSSR count). The van der Waals surface area contributed by atoms with Crippen LogP contribution in [0.3, 0.4) is 0 Å². The van der Waals surface area contributed by atoms with Gasteiger partial charge >= 0.3 is 124 Å². The van der Waals surface area contributed by atoms with Crippen LogP contribution >= 0.6 is 0 Å². The van der Waals surface area contributed by atoms with Gasteiger partial charge in [0.1, 0.15) is 0 Å². The third kappa shape index (κ3) is 2.82. The molecule has 0 atom stereocenters. The normalized spacial score (nSPS) is 10.7. The minimum absolute atomic E-state index is 0.299. The maximum atomic E-state index is 4.64. The van der Waals surface area contributed by atoms with Crippen molar-refractivity contribution in [1.82, 2.24) is 9.97 Å². The Balaban J connectivity index is 1.93. The zero-order valence-corrected chi connectivity index (χ0v) is 12.9. The average Bonchev–Trinajstić information content (AvgIpc) is 2.53. The summed E-state index contributed by atoms with van der Waals surface area (Å²) in [6, 6.07) is 18.5. The SMILES string of the molecule is C[Se]c1nc(NCc2ccccc2)c2ccccc2n1. The third-order valence-electron chi connectivity index (χ3n) is 3.07. The fraction of sp³-hybridized carbons (Fsp3) is 0.125. The Kier molecular flexibility index (Phi) is 3.95. The molecule has 1 N–H and O–H groups in total. The summed E-state index contributed by atoms with van der Waals surface area (Å²) in [4.78, 5) is 9.23. The van der Waals surface area contributed by atoms with Gasteiger partial charge in [0, 0.05) is 0 Å². The number of rotatable bonds is 4. The Hall–Kier alpha value is -1.90. The van der Waals surface area contributed by atoms with E-state index in [1.807, 2.05) is 24.3 Å². The van der Waals surface area contributed by atoms with E-state index >= 15 is 0 Å². The summed E-state index contributed by atoms with van der Waals surface area (Å²) in [5, 5.41) is 4.52. The molecule has 1 aromatic heterocycles. The van der Waals surface area contributed by atoms with Crippen molar-refractivity contribution in [3.63, 3.8) is 0 Å². The van der Waals surface area contributed by atoms with Crippen LogP contribution in [0, 0.1) is 0 Å². The summed E-state index contributed by atoms with van der Waals surface area (Å²) in [5.74, 6) is 3.07. The molecule has 3 aromatic rings. The number of benzene rings is 2. The number of aromatic nitrogens is 2. The molecule has 0 saturated carbocycles. The van der Waals surface area contributed by atoms with Gasteiger partial charge in [-0.25, -0.2) is 0 Å². The molecule has 0 aliphatic rings. The van der Waals surface area contributed by atoms with Gasteiger partial charge in [0.25, 0.3) is 0 Å². The van der Waals surface area contributed by atoms with Crippen LogP contribution in [0.4, 0.5) is 5.82 Å². The van der Waals surface area contributed by atoms with E-state index in [2.05, 4.69) is 51.4 Å². The van der Waals surface area contributed by atoms with Crippen molar-refractivity contribution in [2.24, 2.45) is 0 Å². The van der Waals surface area contributed by atoms with Gasteiger partial charge in [0.05, 0.1) is 0 Å². The third-order valence-corrected chi connectivity index (χ3v) is 4.22. The fourth-order valence-corrected chi connectivity index (χ4v) is 2.84. The van der Waals surface area contributed by atoms with Gasteiger partial charge in [0.15, 0.2) is 0 Å². The second kappa shape index (κ2) is 6.04. The molecule has 0 aliphatic heterocycles. The summed E-state index contributed by atoms with van der Waals surface area (Å²) in [7, 11) is 0. The van der Waals surface area contributed by atoms with Gasteiger partial charge in [-0.15, -0.1) is 0 Å². The number of para-hydroxylation sites is 1. The quantitative estimate of drug-likeness (QED) is 0.748. The molecule has 3 nitrogen and oxygen atoms in total.